The number of carbonyl (C=O) groups excluding carboxylic acids is 5. The molecule has 0 saturated heterocycles. The van der Waals surface area contributed by atoms with Gasteiger partial charge in [0.15, 0.2) is 28.8 Å². The van der Waals surface area contributed by atoms with Crippen molar-refractivity contribution in [1.29, 1.82) is 5.26 Å². The molecule has 8 N–H and O–H groups in total. The van der Waals surface area contributed by atoms with Crippen molar-refractivity contribution in [2.45, 2.75) is 19.4 Å². The van der Waals surface area contributed by atoms with Gasteiger partial charge in [-0.25, -0.2) is 9.18 Å². The van der Waals surface area contributed by atoms with Crippen LogP contribution in [0.15, 0.2) is 103 Å². The van der Waals surface area contributed by atoms with Gasteiger partial charge in [0.1, 0.15) is 17.4 Å². The number of anilines is 4. The second kappa shape index (κ2) is 20.6. The van der Waals surface area contributed by atoms with Gasteiger partial charge in [-0.2, -0.15) is 5.26 Å². The van der Waals surface area contributed by atoms with Crippen molar-refractivity contribution in [2.75, 3.05) is 42.6 Å². The lowest BCUT2D eigenvalue weighted by Gasteiger charge is -2.17. The van der Waals surface area contributed by atoms with Crippen LogP contribution in [0, 0.1) is 17.1 Å². The van der Waals surface area contributed by atoms with Gasteiger partial charge >= 0.3 is 5.97 Å². The number of rotatable bonds is 16. The highest BCUT2D eigenvalue weighted by Gasteiger charge is 2.25. The molecule has 1 atom stereocenters. The van der Waals surface area contributed by atoms with Crippen LogP contribution in [0.2, 0.25) is 0 Å². The number of nitrogens with one attached hydrogen (secondary N) is 5. The van der Waals surface area contributed by atoms with Crippen molar-refractivity contribution in [3.8, 4) is 29.1 Å². The molecule has 64 heavy (non-hydrogen) atoms. The molecule has 328 valence electrons. The fourth-order valence-corrected chi connectivity index (χ4v) is 6.11. The zero-order valence-corrected chi connectivity index (χ0v) is 34.4. The molecule has 0 aliphatic rings. The van der Waals surface area contributed by atoms with Crippen molar-refractivity contribution in [3.63, 3.8) is 0 Å². The Morgan fingerprint density at radius 3 is 1.64 bits per heavy atom. The summed E-state index contributed by atoms with van der Waals surface area (Å²) in [6, 6.07) is 22.1. The third-order valence-corrected chi connectivity index (χ3v) is 9.41. The zero-order chi connectivity index (χ0) is 46.7. The molecule has 0 fully saturated rings. The third kappa shape index (κ3) is 10.7. The Balaban J connectivity index is 1.19. The number of phenolic OH excluding ortho intramolecular Hbond substituents is 1. The van der Waals surface area contributed by atoms with Crippen LogP contribution in [-0.4, -0.2) is 78.2 Å². The van der Waals surface area contributed by atoms with Gasteiger partial charge in [-0.3, -0.25) is 24.0 Å². The van der Waals surface area contributed by atoms with E-state index in [1.54, 1.807) is 6.92 Å². The second-order valence-electron chi connectivity index (χ2n) is 13.4. The maximum absolute atomic E-state index is 13.4. The molecule has 0 radical (unpaired) electrons. The van der Waals surface area contributed by atoms with Crippen molar-refractivity contribution < 1.29 is 62.7 Å². The Hall–Kier alpha value is -8.92. The first-order valence-electron chi connectivity index (χ1n) is 18.8. The number of halogens is 1. The highest BCUT2D eigenvalue weighted by Crippen LogP contribution is 2.40. The topological polar surface area (TPSA) is 275 Å². The predicted molar refractivity (Wildman–Crippen MR) is 230 cm³/mol. The van der Waals surface area contributed by atoms with E-state index >= 15 is 0 Å². The second-order valence-corrected chi connectivity index (χ2v) is 13.4. The average molecular weight is 875 g/mol. The number of carboxylic acids is 1. The van der Waals surface area contributed by atoms with E-state index in [-0.39, 0.29) is 51.0 Å². The van der Waals surface area contributed by atoms with Crippen LogP contribution in [-0.2, 0) is 14.3 Å². The maximum atomic E-state index is 13.4. The number of aromatic hydroxyl groups is 2. The van der Waals surface area contributed by atoms with E-state index < -0.39 is 70.8 Å². The monoisotopic (exact) mass is 874 g/mol. The number of benzene rings is 5. The van der Waals surface area contributed by atoms with Crippen molar-refractivity contribution >= 4 is 63.8 Å². The molecule has 0 aromatic heterocycles. The Kier molecular flexibility index (Phi) is 14.8. The van der Waals surface area contributed by atoms with Gasteiger partial charge in [-0.15, -0.1) is 0 Å². The van der Waals surface area contributed by atoms with E-state index in [0.717, 1.165) is 13.2 Å². The molecule has 5 amide bonds. The van der Waals surface area contributed by atoms with E-state index in [9.17, 15) is 53.7 Å². The molecular weight excluding hydrogens is 836 g/mol. The quantitative estimate of drug-likeness (QED) is 0.0410. The van der Waals surface area contributed by atoms with Crippen LogP contribution in [0.25, 0.3) is 5.57 Å². The lowest BCUT2D eigenvalue weighted by atomic mass is 10.1. The highest BCUT2D eigenvalue weighted by atomic mass is 19.1. The van der Waals surface area contributed by atoms with Gasteiger partial charge in [0.25, 0.3) is 23.6 Å². The first-order valence-corrected chi connectivity index (χ1v) is 18.8. The smallest absolute Gasteiger partial charge is 0.339 e. The number of nitrogens with zero attached hydrogens (tertiary/aromatic N) is 1. The van der Waals surface area contributed by atoms with Gasteiger partial charge in [-0.05, 0) is 97.4 Å². The number of hydrogen-bond donors (Lipinski definition) is 8. The van der Waals surface area contributed by atoms with Crippen LogP contribution in [0.5, 0.6) is 23.0 Å². The summed E-state index contributed by atoms with van der Waals surface area (Å²) >= 11 is 0. The number of allylic oxidation sites excluding steroid dienone is 1. The van der Waals surface area contributed by atoms with Gasteiger partial charge < -0.3 is 56.1 Å². The standard InChI is InChI=1S/C45H39FN6O12/c1-23(24-5-11-27(46)12-6-24)37(62-2)44(59)49-29-15-9-26(10-16-29)41(56)52-34(21-22-47)43(58)48-28-13-7-25(8-14-28)40(55)50-32-19-17-30(35(53)38(32)63-3)42(57)51-33-20-18-31(45(60)61)36(54)39(33)64-4/h5-20,34,53-54H,21H2,1-4H3,(H,48,58)(H,49,59)(H,50,55)(H,51,57)(H,52,56)(H,60,61)/b37-23-/t34-/m0/s1. The van der Waals surface area contributed by atoms with Gasteiger partial charge in [0.05, 0.1) is 50.8 Å². The van der Waals surface area contributed by atoms with Crippen LogP contribution >= 0.6 is 0 Å². The molecule has 5 aromatic rings. The zero-order valence-electron chi connectivity index (χ0n) is 34.4. The lowest BCUT2D eigenvalue weighted by Crippen LogP contribution is -2.43. The van der Waals surface area contributed by atoms with Crippen molar-refractivity contribution in [3.05, 3.63) is 136 Å². The average Bonchev–Trinajstić information content (AvgIpc) is 3.27. The predicted octanol–water partition coefficient (Wildman–Crippen LogP) is 6.12. The maximum Gasteiger partial charge on any atom is 0.339 e. The molecule has 0 spiro atoms. The third-order valence-electron chi connectivity index (χ3n) is 9.41. The van der Waals surface area contributed by atoms with Crippen molar-refractivity contribution in [2.24, 2.45) is 0 Å². The number of amides is 5. The number of aromatic carboxylic acids is 1. The minimum Gasteiger partial charge on any atom is -0.504 e. The molecule has 19 heteroatoms. The molecule has 18 nitrogen and oxygen atoms in total. The molecule has 0 aliphatic heterocycles. The van der Waals surface area contributed by atoms with E-state index in [2.05, 4.69) is 26.6 Å². The normalized spacial score (nSPS) is 11.4. The van der Waals surface area contributed by atoms with Crippen LogP contribution < -0.4 is 36.1 Å². The number of phenols is 2. The first kappa shape index (κ1) is 46.2. The number of carbonyl (C=O) groups is 6. The molecule has 0 saturated carbocycles. The number of nitriles is 1. The Morgan fingerprint density at radius 1 is 0.641 bits per heavy atom. The Labute approximate surface area is 363 Å². The van der Waals surface area contributed by atoms with Crippen LogP contribution in [0.3, 0.4) is 0 Å². The van der Waals surface area contributed by atoms with E-state index in [4.69, 9.17) is 14.2 Å². The summed E-state index contributed by atoms with van der Waals surface area (Å²) in [6.07, 6.45) is -0.390. The van der Waals surface area contributed by atoms with E-state index in [1.165, 1.54) is 105 Å². The molecule has 0 heterocycles. The van der Waals surface area contributed by atoms with Crippen LogP contribution in [0.4, 0.5) is 27.1 Å². The minimum absolute atomic E-state index is 0.0110. The fourth-order valence-electron chi connectivity index (χ4n) is 6.11. The molecule has 0 bridgehead atoms. The molecule has 0 aliphatic carbocycles. The Bertz CT molecular complexity index is 2700. The summed E-state index contributed by atoms with van der Waals surface area (Å²) in [5, 5.41) is 52.6. The van der Waals surface area contributed by atoms with Crippen molar-refractivity contribution in [1.82, 2.24) is 5.32 Å². The summed E-state index contributed by atoms with van der Waals surface area (Å²) in [5.74, 6) is -7.46. The highest BCUT2D eigenvalue weighted by molar-refractivity contribution is 6.11. The number of hydrogen-bond acceptors (Lipinski definition) is 12. The summed E-state index contributed by atoms with van der Waals surface area (Å²) in [4.78, 5) is 77.0. The SMILES string of the molecule is CO/C(C(=O)Nc1ccc(C(=O)N[C@@H](CC#N)C(=O)Nc2ccc(C(=O)Nc3ccc(C(=O)Nc4ccc(C(=O)O)c(O)c4OC)c(O)c3OC)cc2)cc1)=C(/C)c1ccc(F)cc1. The van der Waals surface area contributed by atoms with E-state index in [0.29, 0.717) is 16.8 Å². The summed E-state index contributed by atoms with van der Waals surface area (Å²) in [7, 11) is 3.66. The first-order chi connectivity index (χ1) is 30.6. The number of ether oxygens (including phenoxy) is 3. The summed E-state index contributed by atoms with van der Waals surface area (Å²) in [6.45, 7) is 1.65. The minimum atomic E-state index is -1.43. The Morgan fingerprint density at radius 2 is 1.12 bits per heavy atom. The molecule has 5 rings (SSSR count). The lowest BCUT2D eigenvalue weighted by molar-refractivity contribution is -0.118. The number of methoxy groups -OCH3 is 3. The van der Waals surface area contributed by atoms with Gasteiger partial charge in [0.2, 0.25) is 5.91 Å². The molecule has 5 aromatic carbocycles. The molecular formula is C45H39FN6O12. The van der Waals surface area contributed by atoms with Crippen LogP contribution in [0.1, 0.15) is 60.3 Å². The fraction of sp³-hybridized carbons (Fsp3) is 0.133. The number of carboxylic acid groups (broad SMARTS) is 1. The van der Waals surface area contributed by atoms with Gasteiger partial charge in [-0.1, -0.05) is 12.1 Å². The summed E-state index contributed by atoms with van der Waals surface area (Å²) in [5.41, 5.74) is 0.868. The van der Waals surface area contributed by atoms with Gasteiger partial charge in [0, 0.05) is 28.1 Å². The largest absolute Gasteiger partial charge is 0.504 e. The summed E-state index contributed by atoms with van der Waals surface area (Å²) < 4.78 is 29.0. The van der Waals surface area contributed by atoms with E-state index in [1.807, 2.05) is 6.07 Å². The molecule has 0 unspecified atom stereocenters.